The van der Waals surface area contributed by atoms with Gasteiger partial charge in [0.25, 0.3) is 0 Å². The summed E-state index contributed by atoms with van der Waals surface area (Å²) in [5.41, 5.74) is 3.56. The molecule has 0 saturated carbocycles. The van der Waals surface area contributed by atoms with E-state index in [1.54, 1.807) is 11.3 Å². The van der Waals surface area contributed by atoms with E-state index in [4.69, 9.17) is 0 Å². The number of hydrogen-bond acceptors (Lipinski definition) is 2. The van der Waals surface area contributed by atoms with E-state index in [9.17, 15) is 0 Å². The molecule has 0 fully saturated rings. The van der Waals surface area contributed by atoms with Gasteiger partial charge in [-0.2, -0.15) is 0 Å². The summed E-state index contributed by atoms with van der Waals surface area (Å²) < 4.78 is 0. The molecule has 0 bridgehead atoms. The Labute approximate surface area is 97.9 Å². The third-order valence-corrected chi connectivity index (χ3v) is 4.00. The van der Waals surface area contributed by atoms with Crippen LogP contribution in [-0.2, 0) is 5.41 Å². The Balaban J connectivity index is 2.46. The molecule has 0 aromatic carbocycles. The van der Waals surface area contributed by atoms with Crippen molar-refractivity contribution >= 4 is 11.3 Å². The van der Waals surface area contributed by atoms with Crippen molar-refractivity contribution in [2.24, 2.45) is 0 Å². The van der Waals surface area contributed by atoms with Crippen LogP contribution in [0.1, 0.15) is 65.0 Å². The van der Waals surface area contributed by atoms with Crippen molar-refractivity contribution in [1.82, 2.24) is 4.98 Å². The predicted octanol–water partition coefficient (Wildman–Crippen LogP) is 4.78. The van der Waals surface area contributed by atoms with E-state index in [0.717, 1.165) is 0 Å². The summed E-state index contributed by atoms with van der Waals surface area (Å²) in [6.07, 6.45) is 7.89. The average molecular weight is 225 g/mol. The molecule has 0 aliphatic rings. The van der Waals surface area contributed by atoms with Crippen molar-refractivity contribution in [3.05, 3.63) is 16.6 Å². The maximum absolute atomic E-state index is 4.48. The fourth-order valence-electron chi connectivity index (χ4n) is 1.94. The fourth-order valence-corrected chi connectivity index (χ4v) is 2.65. The van der Waals surface area contributed by atoms with Gasteiger partial charge in [0.2, 0.25) is 0 Å². The second-order valence-corrected chi connectivity index (χ2v) is 5.32. The topological polar surface area (TPSA) is 12.9 Å². The Kier molecular flexibility index (Phi) is 5.30. The zero-order valence-electron chi connectivity index (χ0n) is 10.3. The summed E-state index contributed by atoms with van der Waals surface area (Å²) in [5, 5.41) is 2.21. The van der Waals surface area contributed by atoms with E-state index in [0.29, 0.717) is 5.41 Å². The molecule has 1 heterocycles. The first-order valence-electron chi connectivity index (χ1n) is 6.11. The molecule has 0 N–H and O–H groups in total. The van der Waals surface area contributed by atoms with E-state index in [-0.39, 0.29) is 0 Å². The molecular formula is C13H23NS. The molecule has 0 aliphatic heterocycles. The average Bonchev–Trinajstić information content (AvgIpc) is 2.78. The number of rotatable bonds is 7. The highest BCUT2D eigenvalue weighted by Crippen LogP contribution is 2.32. The van der Waals surface area contributed by atoms with Crippen LogP contribution >= 0.6 is 11.3 Å². The molecule has 0 radical (unpaired) electrons. The molecular weight excluding hydrogens is 202 g/mol. The van der Waals surface area contributed by atoms with Crippen LogP contribution in [0.5, 0.6) is 0 Å². The maximum atomic E-state index is 4.48. The van der Waals surface area contributed by atoms with Gasteiger partial charge in [0.1, 0.15) is 0 Å². The second-order valence-electron chi connectivity index (χ2n) is 4.60. The van der Waals surface area contributed by atoms with Crippen molar-refractivity contribution in [3.8, 4) is 0 Å². The first-order valence-corrected chi connectivity index (χ1v) is 7.06. The van der Waals surface area contributed by atoms with Gasteiger partial charge in [-0.15, -0.1) is 11.3 Å². The highest BCUT2D eigenvalue weighted by Gasteiger charge is 2.25. The number of nitrogens with zero attached hydrogens (tertiary/aromatic N) is 1. The predicted molar refractivity (Wildman–Crippen MR) is 68.5 cm³/mol. The van der Waals surface area contributed by atoms with Crippen molar-refractivity contribution < 1.29 is 0 Å². The van der Waals surface area contributed by atoms with Gasteiger partial charge in [-0.25, -0.2) is 4.98 Å². The van der Waals surface area contributed by atoms with Crippen LogP contribution < -0.4 is 0 Å². The Morgan fingerprint density at radius 1 is 1.27 bits per heavy atom. The van der Waals surface area contributed by atoms with Crippen LogP contribution in [0, 0.1) is 0 Å². The quantitative estimate of drug-likeness (QED) is 0.608. The van der Waals surface area contributed by atoms with Crippen molar-refractivity contribution in [3.63, 3.8) is 0 Å². The lowest BCUT2D eigenvalue weighted by molar-refractivity contribution is 0.387. The normalized spacial score (nSPS) is 15.1. The van der Waals surface area contributed by atoms with Gasteiger partial charge in [0.05, 0.1) is 11.2 Å². The van der Waals surface area contributed by atoms with Crippen molar-refractivity contribution in [2.75, 3.05) is 0 Å². The standard InChI is InChI=1S/C13H23NS/c1-4-6-7-8-9-13(3,5-2)12-10-15-11-14-12/h10-11H,4-9H2,1-3H3. The van der Waals surface area contributed by atoms with Gasteiger partial charge < -0.3 is 0 Å². The number of thiazole rings is 1. The Morgan fingerprint density at radius 3 is 2.60 bits per heavy atom. The van der Waals surface area contributed by atoms with Gasteiger partial charge in [-0.1, -0.05) is 46.5 Å². The van der Waals surface area contributed by atoms with Crippen LogP contribution in [-0.4, -0.2) is 4.98 Å². The molecule has 86 valence electrons. The van der Waals surface area contributed by atoms with Gasteiger partial charge >= 0.3 is 0 Å². The molecule has 0 saturated heterocycles. The van der Waals surface area contributed by atoms with E-state index in [1.807, 2.05) is 5.51 Å². The van der Waals surface area contributed by atoms with Gasteiger partial charge in [-0.3, -0.25) is 0 Å². The third kappa shape index (κ3) is 3.60. The van der Waals surface area contributed by atoms with Gasteiger partial charge in [0.15, 0.2) is 0 Å². The van der Waals surface area contributed by atoms with Crippen LogP contribution in [0.15, 0.2) is 10.9 Å². The minimum atomic E-state index is 0.313. The molecule has 0 amide bonds. The SMILES string of the molecule is CCCCCCC(C)(CC)c1cscn1. The summed E-state index contributed by atoms with van der Waals surface area (Å²) in [6, 6.07) is 0. The minimum absolute atomic E-state index is 0.313. The van der Waals surface area contributed by atoms with E-state index >= 15 is 0 Å². The summed E-state index contributed by atoms with van der Waals surface area (Å²) in [4.78, 5) is 4.48. The van der Waals surface area contributed by atoms with Crippen LogP contribution in [0.3, 0.4) is 0 Å². The lowest BCUT2D eigenvalue weighted by Crippen LogP contribution is -2.21. The monoisotopic (exact) mass is 225 g/mol. The lowest BCUT2D eigenvalue weighted by Gasteiger charge is -2.26. The molecule has 1 aromatic rings. The van der Waals surface area contributed by atoms with Crippen LogP contribution in [0.4, 0.5) is 0 Å². The summed E-state index contributed by atoms with van der Waals surface area (Å²) in [7, 11) is 0. The molecule has 15 heavy (non-hydrogen) atoms. The van der Waals surface area contributed by atoms with E-state index < -0.39 is 0 Å². The third-order valence-electron chi connectivity index (χ3n) is 3.41. The minimum Gasteiger partial charge on any atom is -0.249 e. The van der Waals surface area contributed by atoms with E-state index in [2.05, 4.69) is 31.1 Å². The number of aromatic nitrogens is 1. The largest absolute Gasteiger partial charge is 0.249 e. The maximum Gasteiger partial charge on any atom is 0.0794 e. The first-order chi connectivity index (χ1) is 7.23. The smallest absolute Gasteiger partial charge is 0.0794 e. The number of unbranched alkanes of at least 4 members (excludes halogenated alkanes) is 3. The second kappa shape index (κ2) is 6.26. The van der Waals surface area contributed by atoms with Crippen LogP contribution in [0.25, 0.3) is 0 Å². The molecule has 0 spiro atoms. The Morgan fingerprint density at radius 2 is 2.07 bits per heavy atom. The van der Waals surface area contributed by atoms with Crippen molar-refractivity contribution in [1.29, 1.82) is 0 Å². The number of hydrogen-bond donors (Lipinski definition) is 0. The highest BCUT2D eigenvalue weighted by atomic mass is 32.1. The van der Waals surface area contributed by atoms with Crippen LogP contribution in [0.2, 0.25) is 0 Å². The van der Waals surface area contributed by atoms with Crippen molar-refractivity contribution in [2.45, 2.75) is 64.7 Å². The zero-order valence-corrected chi connectivity index (χ0v) is 11.1. The molecule has 1 atom stereocenters. The molecule has 1 unspecified atom stereocenters. The Bertz CT molecular complexity index is 256. The van der Waals surface area contributed by atoms with Gasteiger partial charge in [-0.05, 0) is 12.8 Å². The van der Waals surface area contributed by atoms with Gasteiger partial charge in [0, 0.05) is 10.8 Å². The molecule has 2 heteroatoms. The zero-order chi connectivity index (χ0) is 11.1. The fraction of sp³-hybridized carbons (Fsp3) is 0.769. The molecule has 1 nitrogen and oxygen atoms in total. The summed E-state index contributed by atoms with van der Waals surface area (Å²) >= 11 is 1.71. The molecule has 1 rings (SSSR count). The van der Waals surface area contributed by atoms with E-state index in [1.165, 1.54) is 44.2 Å². The summed E-state index contributed by atoms with van der Waals surface area (Å²) in [5.74, 6) is 0. The lowest BCUT2D eigenvalue weighted by atomic mass is 9.79. The first kappa shape index (κ1) is 12.7. The summed E-state index contributed by atoms with van der Waals surface area (Å²) in [6.45, 7) is 6.90. The Hall–Kier alpha value is -0.370. The highest BCUT2D eigenvalue weighted by molar-refractivity contribution is 7.07. The molecule has 0 aliphatic carbocycles. The molecule has 1 aromatic heterocycles.